The molecule has 0 bridgehead atoms. The molecule has 0 saturated heterocycles. The predicted molar refractivity (Wildman–Crippen MR) is 74.0 cm³/mol. The van der Waals surface area contributed by atoms with E-state index in [-0.39, 0.29) is 6.04 Å². The Morgan fingerprint density at radius 3 is 2.53 bits per heavy atom. The summed E-state index contributed by atoms with van der Waals surface area (Å²) in [5.74, 6) is 5.67. The molecule has 1 aromatic heterocycles. The van der Waals surface area contributed by atoms with Gasteiger partial charge in [-0.3, -0.25) is 11.3 Å². The van der Waals surface area contributed by atoms with E-state index in [0.717, 1.165) is 6.42 Å². The summed E-state index contributed by atoms with van der Waals surface area (Å²) in [5, 5.41) is 0. The molecule has 3 heteroatoms. The van der Waals surface area contributed by atoms with Crippen LogP contribution in [0.4, 0.5) is 0 Å². The number of hydrazine groups is 1. The summed E-state index contributed by atoms with van der Waals surface area (Å²) in [6.07, 6.45) is 0.934. The molecule has 2 aromatic rings. The standard InChI is InChI=1S/C14H18N2S/c1-10-5-3-4-6-12(10)9-13(16-15)14-8-7-11(2)17-14/h3-8,13,16H,9,15H2,1-2H3. The van der Waals surface area contributed by atoms with Gasteiger partial charge in [-0.05, 0) is 43.5 Å². The van der Waals surface area contributed by atoms with Gasteiger partial charge >= 0.3 is 0 Å². The summed E-state index contributed by atoms with van der Waals surface area (Å²) in [6, 6.07) is 13.0. The minimum atomic E-state index is 0.204. The van der Waals surface area contributed by atoms with Gasteiger partial charge in [0.1, 0.15) is 0 Å². The van der Waals surface area contributed by atoms with E-state index in [1.807, 2.05) is 0 Å². The number of hydrogen-bond acceptors (Lipinski definition) is 3. The fraction of sp³-hybridized carbons (Fsp3) is 0.286. The van der Waals surface area contributed by atoms with Crippen LogP contribution in [-0.2, 0) is 6.42 Å². The van der Waals surface area contributed by atoms with E-state index in [9.17, 15) is 0 Å². The number of thiophene rings is 1. The molecule has 2 nitrogen and oxygen atoms in total. The molecule has 1 atom stereocenters. The fourth-order valence-electron chi connectivity index (χ4n) is 1.94. The van der Waals surface area contributed by atoms with Gasteiger partial charge in [-0.15, -0.1) is 11.3 Å². The lowest BCUT2D eigenvalue weighted by Gasteiger charge is -2.15. The van der Waals surface area contributed by atoms with Crippen molar-refractivity contribution >= 4 is 11.3 Å². The van der Waals surface area contributed by atoms with E-state index in [1.165, 1.54) is 20.9 Å². The SMILES string of the molecule is Cc1ccc(C(Cc2ccccc2C)NN)s1. The molecule has 1 heterocycles. The third kappa shape index (κ3) is 2.94. The number of rotatable bonds is 4. The van der Waals surface area contributed by atoms with Gasteiger partial charge in [-0.2, -0.15) is 0 Å². The summed E-state index contributed by atoms with van der Waals surface area (Å²) in [5.41, 5.74) is 5.59. The monoisotopic (exact) mass is 246 g/mol. The van der Waals surface area contributed by atoms with Crippen LogP contribution in [-0.4, -0.2) is 0 Å². The summed E-state index contributed by atoms with van der Waals surface area (Å²) >= 11 is 1.80. The van der Waals surface area contributed by atoms with Crippen LogP contribution in [0.2, 0.25) is 0 Å². The van der Waals surface area contributed by atoms with E-state index < -0.39 is 0 Å². The Kier molecular flexibility index (Phi) is 3.94. The molecule has 1 aromatic carbocycles. The average Bonchev–Trinajstić information content (AvgIpc) is 2.75. The van der Waals surface area contributed by atoms with Crippen molar-refractivity contribution in [2.75, 3.05) is 0 Å². The molecular formula is C14H18N2S. The Hall–Kier alpha value is -1.16. The predicted octanol–water partition coefficient (Wildman–Crippen LogP) is 3.11. The first-order valence-electron chi connectivity index (χ1n) is 5.77. The molecule has 0 spiro atoms. The lowest BCUT2D eigenvalue weighted by molar-refractivity contribution is 0.559. The molecule has 2 rings (SSSR count). The highest BCUT2D eigenvalue weighted by molar-refractivity contribution is 7.12. The van der Waals surface area contributed by atoms with Gasteiger partial charge in [0, 0.05) is 9.75 Å². The third-order valence-corrected chi connectivity index (χ3v) is 4.11. The van der Waals surface area contributed by atoms with Crippen molar-refractivity contribution in [1.82, 2.24) is 5.43 Å². The Morgan fingerprint density at radius 1 is 1.18 bits per heavy atom. The third-order valence-electron chi connectivity index (χ3n) is 2.99. The Labute approximate surface area is 106 Å². The van der Waals surface area contributed by atoms with Crippen molar-refractivity contribution in [3.8, 4) is 0 Å². The molecule has 90 valence electrons. The molecule has 0 aliphatic heterocycles. The zero-order chi connectivity index (χ0) is 12.3. The van der Waals surface area contributed by atoms with Crippen LogP contribution >= 0.6 is 11.3 Å². The van der Waals surface area contributed by atoms with E-state index in [0.29, 0.717) is 0 Å². The van der Waals surface area contributed by atoms with Crippen molar-refractivity contribution in [2.45, 2.75) is 26.3 Å². The highest BCUT2D eigenvalue weighted by atomic mass is 32.1. The van der Waals surface area contributed by atoms with Crippen LogP contribution in [0.1, 0.15) is 26.9 Å². The second-order valence-electron chi connectivity index (χ2n) is 4.30. The summed E-state index contributed by atoms with van der Waals surface area (Å²) < 4.78 is 0. The number of nitrogens with two attached hydrogens (primary N) is 1. The quantitative estimate of drug-likeness (QED) is 0.642. The minimum absolute atomic E-state index is 0.204. The topological polar surface area (TPSA) is 38.0 Å². The van der Waals surface area contributed by atoms with Gasteiger partial charge in [-0.1, -0.05) is 24.3 Å². The Morgan fingerprint density at radius 2 is 1.94 bits per heavy atom. The largest absolute Gasteiger partial charge is 0.271 e. The second kappa shape index (κ2) is 5.45. The maximum atomic E-state index is 5.67. The number of nitrogens with one attached hydrogen (secondary N) is 1. The summed E-state index contributed by atoms with van der Waals surface area (Å²) in [4.78, 5) is 2.62. The van der Waals surface area contributed by atoms with Gasteiger partial charge in [0.05, 0.1) is 6.04 Å². The second-order valence-corrected chi connectivity index (χ2v) is 5.62. The Balaban J connectivity index is 2.18. The van der Waals surface area contributed by atoms with E-state index in [2.05, 4.69) is 55.7 Å². The lowest BCUT2D eigenvalue weighted by Crippen LogP contribution is -2.29. The molecule has 0 aliphatic rings. The molecular weight excluding hydrogens is 228 g/mol. The maximum absolute atomic E-state index is 5.67. The summed E-state index contributed by atoms with van der Waals surface area (Å²) in [7, 11) is 0. The van der Waals surface area contributed by atoms with E-state index >= 15 is 0 Å². The van der Waals surface area contributed by atoms with Crippen molar-refractivity contribution in [3.05, 3.63) is 57.3 Å². The molecule has 0 aliphatic carbocycles. The molecule has 17 heavy (non-hydrogen) atoms. The highest BCUT2D eigenvalue weighted by Crippen LogP contribution is 2.25. The maximum Gasteiger partial charge on any atom is 0.0593 e. The van der Waals surface area contributed by atoms with Crippen LogP contribution in [0.5, 0.6) is 0 Å². The molecule has 0 fully saturated rings. The normalized spacial score (nSPS) is 12.6. The molecule has 0 amide bonds. The van der Waals surface area contributed by atoms with Crippen LogP contribution in [0.15, 0.2) is 36.4 Å². The molecule has 3 N–H and O–H groups in total. The zero-order valence-corrected chi connectivity index (χ0v) is 11.1. The van der Waals surface area contributed by atoms with Crippen LogP contribution in [0, 0.1) is 13.8 Å². The lowest BCUT2D eigenvalue weighted by atomic mass is 10.0. The smallest absolute Gasteiger partial charge is 0.0593 e. The van der Waals surface area contributed by atoms with Crippen molar-refractivity contribution in [1.29, 1.82) is 0 Å². The average molecular weight is 246 g/mol. The Bertz CT molecular complexity index is 490. The summed E-state index contributed by atoms with van der Waals surface area (Å²) in [6.45, 7) is 4.26. The first kappa shape index (κ1) is 12.3. The van der Waals surface area contributed by atoms with E-state index in [4.69, 9.17) is 5.84 Å². The van der Waals surface area contributed by atoms with Crippen LogP contribution in [0.25, 0.3) is 0 Å². The van der Waals surface area contributed by atoms with Gasteiger partial charge in [0.25, 0.3) is 0 Å². The highest BCUT2D eigenvalue weighted by Gasteiger charge is 2.13. The van der Waals surface area contributed by atoms with Gasteiger partial charge in [0.15, 0.2) is 0 Å². The van der Waals surface area contributed by atoms with Crippen LogP contribution in [0.3, 0.4) is 0 Å². The van der Waals surface area contributed by atoms with Crippen LogP contribution < -0.4 is 11.3 Å². The van der Waals surface area contributed by atoms with E-state index in [1.54, 1.807) is 11.3 Å². The van der Waals surface area contributed by atoms with Gasteiger partial charge in [0.2, 0.25) is 0 Å². The first-order chi connectivity index (χ1) is 8.20. The minimum Gasteiger partial charge on any atom is -0.271 e. The molecule has 1 unspecified atom stereocenters. The first-order valence-corrected chi connectivity index (χ1v) is 6.59. The van der Waals surface area contributed by atoms with Crippen molar-refractivity contribution < 1.29 is 0 Å². The molecule has 0 saturated carbocycles. The number of benzene rings is 1. The fourth-order valence-corrected chi connectivity index (χ4v) is 2.88. The molecule has 0 radical (unpaired) electrons. The van der Waals surface area contributed by atoms with Gasteiger partial charge in [-0.25, -0.2) is 0 Å². The zero-order valence-electron chi connectivity index (χ0n) is 10.2. The number of hydrogen-bond donors (Lipinski definition) is 2. The number of aryl methyl sites for hydroxylation is 2. The van der Waals surface area contributed by atoms with Gasteiger partial charge < -0.3 is 0 Å². The van der Waals surface area contributed by atoms with Crippen molar-refractivity contribution in [3.63, 3.8) is 0 Å². The van der Waals surface area contributed by atoms with Crippen molar-refractivity contribution in [2.24, 2.45) is 5.84 Å².